The standard InChI is InChI=1S/C25H21N3O9/c1-13(2)12-26-22(30)17-10-14-6-7-15(11-19(14)37-25(17)33)36-20(29)8-9-27-23(31)16-4-3-5-18(28(34)35)21(16)24(27)32/h3-7,10-11,13H,8-9,12H2,1-2H3,(H,26,30). The fourth-order valence-corrected chi connectivity index (χ4v) is 3.76. The third-order valence-electron chi connectivity index (χ3n) is 5.57. The smallest absolute Gasteiger partial charge is 0.349 e. The molecule has 0 spiro atoms. The summed E-state index contributed by atoms with van der Waals surface area (Å²) in [5.74, 6) is -2.71. The highest BCUT2D eigenvalue weighted by atomic mass is 16.6. The Morgan fingerprint density at radius 3 is 2.57 bits per heavy atom. The van der Waals surface area contributed by atoms with E-state index in [1.54, 1.807) is 0 Å². The van der Waals surface area contributed by atoms with E-state index in [2.05, 4.69) is 5.32 Å². The minimum absolute atomic E-state index is 0.0376. The molecule has 2 aromatic carbocycles. The Balaban J connectivity index is 1.43. The number of hydrogen-bond donors (Lipinski definition) is 1. The monoisotopic (exact) mass is 507 g/mol. The van der Waals surface area contributed by atoms with Crippen molar-refractivity contribution in [2.45, 2.75) is 20.3 Å². The molecule has 0 bridgehead atoms. The van der Waals surface area contributed by atoms with Crippen molar-refractivity contribution in [3.05, 3.63) is 79.7 Å². The molecule has 37 heavy (non-hydrogen) atoms. The Morgan fingerprint density at radius 2 is 1.86 bits per heavy atom. The van der Waals surface area contributed by atoms with Crippen LogP contribution in [0.4, 0.5) is 5.69 Å². The molecule has 12 nitrogen and oxygen atoms in total. The molecule has 190 valence electrons. The van der Waals surface area contributed by atoms with E-state index in [0.29, 0.717) is 11.9 Å². The van der Waals surface area contributed by atoms with Crippen molar-refractivity contribution in [3.63, 3.8) is 0 Å². The normalized spacial score (nSPS) is 12.7. The minimum Gasteiger partial charge on any atom is -0.426 e. The Morgan fingerprint density at radius 1 is 1.11 bits per heavy atom. The molecule has 1 aliphatic rings. The number of ether oxygens (including phenoxy) is 1. The van der Waals surface area contributed by atoms with Crippen LogP contribution >= 0.6 is 0 Å². The third-order valence-corrected chi connectivity index (χ3v) is 5.57. The molecule has 0 fully saturated rings. The Bertz CT molecular complexity index is 1520. The van der Waals surface area contributed by atoms with Gasteiger partial charge in [-0.05, 0) is 30.2 Å². The van der Waals surface area contributed by atoms with Crippen LogP contribution < -0.4 is 15.7 Å². The SMILES string of the molecule is CC(C)CNC(=O)c1cc2ccc(OC(=O)CCN3C(=O)c4cccc([N+](=O)[O-])c4C3=O)cc2oc1=O. The average molecular weight is 507 g/mol. The largest absolute Gasteiger partial charge is 0.426 e. The summed E-state index contributed by atoms with van der Waals surface area (Å²) < 4.78 is 10.5. The first-order valence-electron chi connectivity index (χ1n) is 11.3. The van der Waals surface area contributed by atoms with Crippen molar-refractivity contribution in [3.8, 4) is 5.75 Å². The van der Waals surface area contributed by atoms with Gasteiger partial charge in [0.05, 0.1) is 16.9 Å². The maximum atomic E-state index is 12.6. The molecule has 0 aliphatic carbocycles. The van der Waals surface area contributed by atoms with Gasteiger partial charge >= 0.3 is 11.6 Å². The van der Waals surface area contributed by atoms with E-state index in [-0.39, 0.29) is 46.9 Å². The number of hydrogen-bond acceptors (Lipinski definition) is 9. The first-order chi connectivity index (χ1) is 17.6. The van der Waals surface area contributed by atoms with Crippen LogP contribution in [0.15, 0.2) is 51.7 Å². The summed E-state index contributed by atoms with van der Waals surface area (Å²) in [6.07, 6.45) is -0.379. The van der Waals surface area contributed by atoms with E-state index in [9.17, 15) is 34.1 Å². The number of esters is 1. The highest BCUT2D eigenvalue weighted by Gasteiger charge is 2.40. The molecule has 12 heteroatoms. The van der Waals surface area contributed by atoms with Crippen LogP contribution in [0.3, 0.4) is 0 Å². The molecular weight excluding hydrogens is 486 g/mol. The number of carbonyl (C=O) groups is 4. The lowest BCUT2D eigenvalue weighted by Gasteiger charge is -2.13. The number of carbonyl (C=O) groups excluding carboxylic acids is 4. The summed E-state index contributed by atoms with van der Waals surface area (Å²) in [4.78, 5) is 73.3. The maximum Gasteiger partial charge on any atom is 0.349 e. The number of nitrogens with one attached hydrogen (secondary N) is 1. The highest BCUT2D eigenvalue weighted by Crippen LogP contribution is 2.31. The number of rotatable bonds is 8. The van der Waals surface area contributed by atoms with Gasteiger partial charge in [-0.3, -0.25) is 34.2 Å². The number of nitrogens with zero attached hydrogens (tertiary/aromatic N) is 2. The molecule has 0 saturated heterocycles. The van der Waals surface area contributed by atoms with Crippen LogP contribution in [0.1, 0.15) is 51.3 Å². The van der Waals surface area contributed by atoms with Crippen LogP contribution in [0.25, 0.3) is 11.0 Å². The Hall–Kier alpha value is -4.87. The second-order valence-electron chi connectivity index (χ2n) is 8.69. The molecule has 2 heterocycles. The van der Waals surface area contributed by atoms with Crippen molar-refractivity contribution < 1.29 is 33.3 Å². The lowest BCUT2D eigenvalue weighted by molar-refractivity contribution is -0.385. The fraction of sp³-hybridized carbons (Fsp3) is 0.240. The van der Waals surface area contributed by atoms with Crippen LogP contribution in [0, 0.1) is 16.0 Å². The molecule has 3 aromatic rings. The topological polar surface area (TPSA) is 166 Å². The molecule has 1 N–H and O–H groups in total. The van der Waals surface area contributed by atoms with E-state index < -0.39 is 39.9 Å². The van der Waals surface area contributed by atoms with Gasteiger partial charge in [0, 0.05) is 30.6 Å². The molecule has 1 aliphatic heterocycles. The summed E-state index contributed by atoms with van der Waals surface area (Å²) in [5.41, 5.74) is -1.82. The van der Waals surface area contributed by atoms with E-state index in [1.807, 2.05) is 13.8 Å². The summed E-state index contributed by atoms with van der Waals surface area (Å²) in [6, 6.07) is 9.35. The predicted octanol–water partition coefficient (Wildman–Crippen LogP) is 2.68. The van der Waals surface area contributed by atoms with Gasteiger partial charge in [-0.25, -0.2) is 4.79 Å². The summed E-state index contributed by atoms with van der Waals surface area (Å²) in [7, 11) is 0. The number of fused-ring (bicyclic) bond motifs is 2. The van der Waals surface area contributed by atoms with Crippen molar-refractivity contribution in [2.75, 3.05) is 13.1 Å². The van der Waals surface area contributed by atoms with Crippen LogP contribution in [0.5, 0.6) is 5.75 Å². The van der Waals surface area contributed by atoms with Crippen LogP contribution in [0.2, 0.25) is 0 Å². The number of imide groups is 1. The quantitative estimate of drug-likeness (QED) is 0.120. The zero-order chi connectivity index (χ0) is 26.9. The maximum absolute atomic E-state index is 12.6. The van der Waals surface area contributed by atoms with Gasteiger partial charge in [-0.2, -0.15) is 0 Å². The number of nitro groups is 1. The number of amides is 3. The third kappa shape index (κ3) is 5.08. The van der Waals surface area contributed by atoms with Crippen molar-refractivity contribution in [2.24, 2.45) is 5.92 Å². The summed E-state index contributed by atoms with van der Waals surface area (Å²) in [5, 5.41) is 14.3. The minimum atomic E-state index is -0.860. The highest BCUT2D eigenvalue weighted by molar-refractivity contribution is 6.23. The van der Waals surface area contributed by atoms with Gasteiger partial charge in [0.25, 0.3) is 23.4 Å². The van der Waals surface area contributed by atoms with Crippen molar-refractivity contribution in [1.82, 2.24) is 10.2 Å². The molecule has 0 saturated carbocycles. The molecular formula is C25H21N3O9. The van der Waals surface area contributed by atoms with Gasteiger partial charge < -0.3 is 14.5 Å². The Kier molecular flexibility index (Phi) is 6.83. The molecule has 3 amide bonds. The summed E-state index contributed by atoms with van der Waals surface area (Å²) >= 11 is 0. The van der Waals surface area contributed by atoms with Crippen molar-refractivity contribution in [1.29, 1.82) is 0 Å². The van der Waals surface area contributed by atoms with E-state index in [1.165, 1.54) is 36.4 Å². The number of nitro benzene ring substituents is 1. The molecule has 1 aromatic heterocycles. The van der Waals surface area contributed by atoms with E-state index in [0.717, 1.165) is 11.0 Å². The zero-order valence-corrected chi connectivity index (χ0v) is 19.8. The first kappa shape index (κ1) is 25.2. The predicted molar refractivity (Wildman–Crippen MR) is 128 cm³/mol. The summed E-state index contributed by atoms with van der Waals surface area (Å²) in [6.45, 7) is 3.87. The molecule has 0 unspecified atom stereocenters. The van der Waals surface area contributed by atoms with E-state index in [4.69, 9.17) is 9.15 Å². The van der Waals surface area contributed by atoms with Gasteiger partial charge in [0.15, 0.2) is 0 Å². The lowest BCUT2D eigenvalue weighted by atomic mass is 10.1. The van der Waals surface area contributed by atoms with Gasteiger partial charge in [0.1, 0.15) is 22.5 Å². The molecule has 0 atom stereocenters. The first-order valence-corrected chi connectivity index (χ1v) is 11.3. The molecule has 4 rings (SSSR count). The average Bonchev–Trinajstić information content (AvgIpc) is 3.10. The van der Waals surface area contributed by atoms with Crippen LogP contribution in [-0.4, -0.2) is 46.6 Å². The van der Waals surface area contributed by atoms with Gasteiger partial charge in [0.2, 0.25) is 0 Å². The molecule has 0 radical (unpaired) electrons. The zero-order valence-electron chi connectivity index (χ0n) is 19.8. The second-order valence-corrected chi connectivity index (χ2v) is 8.69. The van der Waals surface area contributed by atoms with Crippen LogP contribution in [-0.2, 0) is 4.79 Å². The second kappa shape index (κ2) is 10.0. The number of benzene rings is 2. The fourth-order valence-electron chi connectivity index (χ4n) is 3.76. The Labute approximate surface area is 209 Å². The van der Waals surface area contributed by atoms with Gasteiger partial charge in [-0.1, -0.05) is 19.9 Å². The van der Waals surface area contributed by atoms with E-state index >= 15 is 0 Å². The van der Waals surface area contributed by atoms with Gasteiger partial charge in [-0.15, -0.1) is 0 Å². The van der Waals surface area contributed by atoms with Crippen molar-refractivity contribution >= 4 is 40.3 Å². The lowest BCUT2D eigenvalue weighted by Crippen LogP contribution is -2.32.